The molecular formula is C32H42N3O10P. The van der Waals surface area contributed by atoms with Gasteiger partial charge in [-0.05, 0) is 79.0 Å². The van der Waals surface area contributed by atoms with Crippen LogP contribution in [0.4, 0.5) is 0 Å². The predicted octanol–water partition coefficient (Wildman–Crippen LogP) is 2.64. The van der Waals surface area contributed by atoms with Crippen molar-refractivity contribution in [2.45, 2.75) is 83.2 Å². The van der Waals surface area contributed by atoms with Crippen molar-refractivity contribution < 1.29 is 48.1 Å². The highest BCUT2D eigenvalue weighted by Gasteiger charge is 2.30. The van der Waals surface area contributed by atoms with Crippen LogP contribution in [-0.2, 0) is 31.8 Å². The number of carbonyl (C=O) groups excluding carboxylic acids is 3. The van der Waals surface area contributed by atoms with E-state index in [1.165, 1.54) is 38.3 Å². The van der Waals surface area contributed by atoms with Crippen molar-refractivity contribution in [2.75, 3.05) is 13.2 Å². The van der Waals surface area contributed by atoms with Gasteiger partial charge in [0.1, 0.15) is 22.8 Å². The number of hydrogen-bond donors (Lipinski definition) is 6. The van der Waals surface area contributed by atoms with E-state index in [-0.39, 0.29) is 17.7 Å². The third-order valence-electron chi connectivity index (χ3n) is 8.41. The Balaban J connectivity index is 1.57. The molecule has 250 valence electrons. The van der Waals surface area contributed by atoms with Gasteiger partial charge >= 0.3 is 13.6 Å². The van der Waals surface area contributed by atoms with E-state index in [1.807, 2.05) is 6.07 Å². The summed E-state index contributed by atoms with van der Waals surface area (Å²) in [4.78, 5) is 68.9. The van der Waals surface area contributed by atoms with Crippen molar-refractivity contribution in [1.82, 2.24) is 10.6 Å². The fourth-order valence-electron chi connectivity index (χ4n) is 6.16. The van der Waals surface area contributed by atoms with E-state index in [9.17, 15) is 33.5 Å². The van der Waals surface area contributed by atoms with Crippen molar-refractivity contribution in [1.29, 1.82) is 0 Å². The molecule has 0 saturated heterocycles. The Labute approximate surface area is 267 Å². The van der Waals surface area contributed by atoms with E-state index >= 15 is 0 Å². The predicted molar refractivity (Wildman–Crippen MR) is 168 cm³/mol. The monoisotopic (exact) mass is 659 g/mol. The van der Waals surface area contributed by atoms with E-state index in [4.69, 9.17) is 20.3 Å². The molecule has 0 radical (unpaired) electrons. The molecule has 2 atom stereocenters. The minimum Gasteiger partial charge on any atom is -0.492 e. The molecule has 0 aliphatic heterocycles. The third-order valence-corrected chi connectivity index (χ3v) is 9.39. The fraction of sp³-hybridized carbons (Fsp3) is 0.500. The number of carboxylic acids is 1. The Morgan fingerprint density at radius 1 is 0.978 bits per heavy atom. The number of benzene rings is 2. The highest BCUT2D eigenvalue weighted by atomic mass is 31.2. The number of aliphatic carboxylic acids is 1. The van der Waals surface area contributed by atoms with Crippen molar-refractivity contribution in [3.8, 4) is 11.5 Å². The fourth-order valence-corrected chi connectivity index (χ4v) is 6.92. The second-order valence-corrected chi connectivity index (χ2v) is 13.6. The van der Waals surface area contributed by atoms with Crippen LogP contribution in [0.15, 0.2) is 30.3 Å². The summed E-state index contributed by atoms with van der Waals surface area (Å²) >= 11 is 0. The van der Waals surface area contributed by atoms with Gasteiger partial charge in [-0.3, -0.25) is 18.9 Å². The van der Waals surface area contributed by atoms with Crippen LogP contribution in [0.1, 0.15) is 91.4 Å². The number of amides is 3. The number of primary amides is 1. The number of nitrogens with two attached hydrogens (primary N) is 1. The summed E-state index contributed by atoms with van der Waals surface area (Å²) in [6.07, 6.45) is 8.54. The van der Waals surface area contributed by atoms with Crippen LogP contribution in [0, 0.1) is 5.92 Å². The minimum atomic E-state index is -4.89. The maximum Gasteiger partial charge on any atom is 0.359 e. The van der Waals surface area contributed by atoms with Gasteiger partial charge in [0.15, 0.2) is 6.61 Å². The van der Waals surface area contributed by atoms with Gasteiger partial charge in [-0.1, -0.05) is 31.7 Å². The van der Waals surface area contributed by atoms with Crippen molar-refractivity contribution in [3.05, 3.63) is 52.6 Å². The molecule has 14 heteroatoms. The molecule has 2 aromatic rings. The molecule has 0 bridgehead atoms. The Morgan fingerprint density at radius 2 is 1.70 bits per heavy atom. The normalized spacial score (nSPS) is 17.6. The summed E-state index contributed by atoms with van der Waals surface area (Å²) in [5.41, 5.74) is 7.99. The van der Waals surface area contributed by atoms with Crippen LogP contribution in [0.3, 0.4) is 0 Å². The Morgan fingerprint density at radius 3 is 2.35 bits per heavy atom. The molecule has 3 amide bonds. The molecule has 4 rings (SSSR count). The van der Waals surface area contributed by atoms with Crippen molar-refractivity contribution in [2.24, 2.45) is 11.7 Å². The number of fused-ring (bicyclic) bond motifs is 1. The van der Waals surface area contributed by atoms with Gasteiger partial charge in [-0.15, -0.1) is 0 Å². The number of carboxylic acid groups (broad SMARTS) is 1. The highest BCUT2D eigenvalue weighted by molar-refractivity contribution is 7.60. The largest absolute Gasteiger partial charge is 0.492 e. The van der Waals surface area contributed by atoms with Gasteiger partial charge in [0.25, 0.3) is 5.91 Å². The standard InChI is InChI=1S/C32H42N3O10P/c1-19(36)34-26(13-21-11-12-27(45-18-30(37)38)29(14-21)46(41,42)43)32(40)35-25-10-6-5-9-22-15-28(24(31(33)39)16-23(22)25)44-17-20-7-3-2-4-8-20/h11-12,14-16,20,25-26H,2-10,13,17-18H2,1H3,(H2,33,39)(H,34,36)(H,35,40)(H,37,38)(H2,41,42,43)/t25-,26-/m0/s1. The lowest BCUT2D eigenvalue weighted by atomic mass is 9.90. The quantitative estimate of drug-likeness (QED) is 0.137. The van der Waals surface area contributed by atoms with Gasteiger partial charge in [-0.25, -0.2) is 4.79 Å². The molecule has 2 aromatic carbocycles. The minimum absolute atomic E-state index is 0.127. The molecule has 7 N–H and O–H groups in total. The first-order valence-corrected chi connectivity index (χ1v) is 17.1. The number of hydrogen-bond acceptors (Lipinski definition) is 7. The lowest BCUT2D eigenvalue weighted by Gasteiger charge is -2.26. The van der Waals surface area contributed by atoms with E-state index in [0.29, 0.717) is 30.3 Å². The summed E-state index contributed by atoms with van der Waals surface area (Å²) in [6, 6.07) is 5.72. The maximum atomic E-state index is 13.7. The van der Waals surface area contributed by atoms with E-state index in [1.54, 1.807) is 6.07 Å². The van der Waals surface area contributed by atoms with E-state index in [0.717, 1.165) is 49.3 Å². The smallest absolute Gasteiger partial charge is 0.359 e. The van der Waals surface area contributed by atoms with Gasteiger partial charge in [0.2, 0.25) is 11.8 Å². The Hall–Kier alpha value is -3.93. The molecule has 0 spiro atoms. The maximum absolute atomic E-state index is 13.7. The Bertz CT molecular complexity index is 1500. The van der Waals surface area contributed by atoms with Crippen molar-refractivity contribution >= 4 is 36.6 Å². The van der Waals surface area contributed by atoms with Gasteiger partial charge in [0.05, 0.1) is 18.2 Å². The summed E-state index contributed by atoms with van der Waals surface area (Å²) in [7, 11) is -4.89. The molecule has 1 fully saturated rings. The van der Waals surface area contributed by atoms with E-state index < -0.39 is 55.3 Å². The van der Waals surface area contributed by atoms with Crippen LogP contribution in [-0.4, -0.2) is 57.8 Å². The van der Waals surface area contributed by atoms with Gasteiger partial charge < -0.3 is 40.7 Å². The number of ether oxygens (including phenoxy) is 2. The summed E-state index contributed by atoms with van der Waals surface area (Å²) < 4.78 is 23.3. The summed E-state index contributed by atoms with van der Waals surface area (Å²) in [6.45, 7) is 0.949. The molecule has 0 unspecified atom stereocenters. The zero-order chi connectivity index (χ0) is 33.4. The first kappa shape index (κ1) is 34.9. The van der Waals surface area contributed by atoms with Crippen LogP contribution in [0.5, 0.6) is 11.5 Å². The molecule has 1 saturated carbocycles. The van der Waals surface area contributed by atoms with Crippen molar-refractivity contribution in [3.63, 3.8) is 0 Å². The molecule has 0 aromatic heterocycles. The Kier molecular flexibility index (Phi) is 11.8. The molecule has 0 heterocycles. The molecule has 2 aliphatic carbocycles. The lowest BCUT2D eigenvalue weighted by molar-refractivity contribution is -0.139. The summed E-state index contributed by atoms with van der Waals surface area (Å²) in [5.74, 6) is -2.42. The van der Waals surface area contributed by atoms with Crippen LogP contribution in [0.2, 0.25) is 0 Å². The summed E-state index contributed by atoms with van der Waals surface area (Å²) in [5, 5.41) is 14.0. The molecule has 46 heavy (non-hydrogen) atoms. The topological polar surface area (TPSA) is 215 Å². The second-order valence-electron chi connectivity index (χ2n) is 12.0. The van der Waals surface area contributed by atoms with Crippen LogP contribution < -0.4 is 31.1 Å². The average molecular weight is 660 g/mol. The average Bonchev–Trinajstić information content (AvgIpc) is 3.19. The van der Waals surface area contributed by atoms with Gasteiger partial charge in [0, 0.05) is 13.3 Å². The highest BCUT2D eigenvalue weighted by Crippen LogP contribution is 2.38. The first-order chi connectivity index (χ1) is 21.8. The van der Waals surface area contributed by atoms with Crippen LogP contribution >= 0.6 is 7.60 Å². The second kappa shape index (κ2) is 15.6. The SMILES string of the molecule is CC(=O)N[C@@H](Cc1ccc(OCC(=O)O)c(P(=O)(O)O)c1)C(=O)N[C@H]1CCCCc2cc(OCC3CCCCC3)c(C(N)=O)cc21. The van der Waals surface area contributed by atoms with Gasteiger partial charge in [-0.2, -0.15) is 0 Å². The molecule has 13 nitrogen and oxygen atoms in total. The lowest BCUT2D eigenvalue weighted by Crippen LogP contribution is -2.48. The van der Waals surface area contributed by atoms with Crippen LogP contribution in [0.25, 0.3) is 0 Å². The number of rotatable bonds is 13. The third kappa shape index (κ3) is 9.54. The number of carbonyl (C=O) groups is 4. The number of nitrogens with one attached hydrogen (secondary N) is 2. The first-order valence-electron chi connectivity index (χ1n) is 15.5. The zero-order valence-corrected chi connectivity index (χ0v) is 26.7. The number of aryl methyl sites for hydroxylation is 1. The molecule has 2 aliphatic rings. The van der Waals surface area contributed by atoms with E-state index in [2.05, 4.69) is 10.6 Å². The zero-order valence-electron chi connectivity index (χ0n) is 25.8. The molecular weight excluding hydrogens is 617 g/mol.